The van der Waals surface area contributed by atoms with E-state index in [9.17, 15) is 22.8 Å². The zero-order chi connectivity index (χ0) is 14.4. The van der Waals surface area contributed by atoms with Crippen molar-refractivity contribution >= 4 is 11.0 Å². The average Bonchev–Trinajstić information content (AvgIpc) is 2.31. The van der Waals surface area contributed by atoms with Crippen LogP contribution in [0.15, 0.2) is 15.8 Å². The number of pyridine rings is 1. The molecule has 2 heterocycles. The van der Waals surface area contributed by atoms with Gasteiger partial charge in [-0.2, -0.15) is 18.2 Å². The number of fused-ring (bicyclic) bond motifs is 1. The molecule has 0 radical (unpaired) electrons. The van der Waals surface area contributed by atoms with Crippen LogP contribution in [-0.4, -0.2) is 14.5 Å². The molecule has 2 aromatic rings. The molecule has 0 aliphatic carbocycles. The molecule has 19 heavy (non-hydrogen) atoms. The van der Waals surface area contributed by atoms with E-state index in [4.69, 9.17) is 0 Å². The molecule has 8 heteroatoms. The van der Waals surface area contributed by atoms with Gasteiger partial charge in [0.25, 0.3) is 0 Å². The van der Waals surface area contributed by atoms with Crippen LogP contribution in [-0.2, 0) is 12.7 Å². The molecule has 0 atom stereocenters. The van der Waals surface area contributed by atoms with E-state index < -0.39 is 28.6 Å². The summed E-state index contributed by atoms with van der Waals surface area (Å²) >= 11 is 0. The lowest BCUT2D eigenvalue weighted by atomic mass is 10.1. The van der Waals surface area contributed by atoms with E-state index in [0.717, 1.165) is 11.5 Å². The van der Waals surface area contributed by atoms with Crippen molar-refractivity contribution in [3.8, 4) is 0 Å². The second-order valence-electron chi connectivity index (χ2n) is 4.02. The lowest BCUT2D eigenvalue weighted by Crippen LogP contribution is -2.26. The number of alkyl halides is 3. The summed E-state index contributed by atoms with van der Waals surface area (Å²) in [4.78, 5) is 28.9. The zero-order valence-corrected chi connectivity index (χ0v) is 10.1. The second-order valence-corrected chi connectivity index (χ2v) is 4.02. The summed E-state index contributed by atoms with van der Waals surface area (Å²) in [5, 5.41) is -0.0352. The molecule has 5 nitrogen and oxygen atoms in total. The van der Waals surface area contributed by atoms with Gasteiger partial charge >= 0.3 is 11.9 Å². The van der Waals surface area contributed by atoms with Crippen molar-refractivity contribution in [1.82, 2.24) is 14.5 Å². The molecule has 102 valence electrons. The second kappa shape index (κ2) is 4.22. The molecule has 0 spiro atoms. The van der Waals surface area contributed by atoms with Crippen LogP contribution in [0, 0.1) is 6.92 Å². The fraction of sp³-hybridized carbons (Fsp3) is 0.364. The van der Waals surface area contributed by atoms with Crippen LogP contribution < -0.4 is 11.1 Å². The van der Waals surface area contributed by atoms with Crippen LogP contribution in [0.2, 0.25) is 0 Å². The molecule has 0 amide bonds. The van der Waals surface area contributed by atoms with Crippen LogP contribution in [0.1, 0.15) is 18.2 Å². The molecule has 0 fully saturated rings. The predicted octanol–water partition coefficient (Wildman–Crippen LogP) is 1.43. The number of aryl methyl sites for hydroxylation is 1. The van der Waals surface area contributed by atoms with Crippen LogP contribution >= 0.6 is 0 Å². The maximum atomic E-state index is 12.7. The number of halogens is 3. The van der Waals surface area contributed by atoms with Gasteiger partial charge in [0.05, 0.1) is 5.39 Å². The molecular formula is C11H10F3N3O2. The zero-order valence-electron chi connectivity index (χ0n) is 10.1. The molecule has 2 aromatic heterocycles. The fourth-order valence-electron chi connectivity index (χ4n) is 1.79. The first-order valence-corrected chi connectivity index (χ1v) is 5.47. The Kier molecular flexibility index (Phi) is 2.95. The molecule has 0 saturated heterocycles. The number of nitrogens with one attached hydrogen (secondary N) is 1. The van der Waals surface area contributed by atoms with E-state index in [0.29, 0.717) is 0 Å². The van der Waals surface area contributed by atoms with E-state index >= 15 is 0 Å². The fourth-order valence-corrected chi connectivity index (χ4v) is 1.79. The average molecular weight is 273 g/mol. The third-order valence-electron chi connectivity index (χ3n) is 2.82. The summed E-state index contributed by atoms with van der Waals surface area (Å²) in [6.45, 7) is 3.03. The first-order valence-electron chi connectivity index (χ1n) is 5.47. The van der Waals surface area contributed by atoms with Crippen LogP contribution in [0.4, 0.5) is 13.2 Å². The standard InChI is InChI=1S/C11H10F3N3O2/c1-3-17-4-6-7(18)5(2)8(11(12,13)14)15-9(6)16-10(17)19/h4H,3H2,1-2H3,(H,15,16,19). The molecule has 2 rings (SSSR count). The van der Waals surface area contributed by atoms with Gasteiger partial charge in [0.1, 0.15) is 11.3 Å². The van der Waals surface area contributed by atoms with Gasteiger partial charge in [0, 0.05) is 18.3 Å². The first-order chi connectivity index (χ1) is 8.75. The molecule has 0 unspecified atom stereocenters. The number of aromatic amines is 1. The third kappa shape index (κ3) is 2.13. The third-order valence-corrected chi connectivity index (χ3v) is 2.82. The van der Waals surface area contributed by atoms with Gasteiger partial charge < -0.3 is 4.98 Å². The Morgan fingerprint density at radius 2 is 2.00 bits per heavy atom. The maximum absolute atomic E-state index is 12.7. The Bertz CT molecular complexity index is 759. The lowest BCUT2D eigenvalue weighted by molar-refractivity contribution is -0.141. The van der Waals surface area contributed by atoms with Crippen molar-refractivity contribution in [2.75, 3.05) is 0 Å². The highest BCUT2D eigenvalue weighted by atomic mass is 19.4. The SMILES string of the molecule is CCn1cc2c(=O)c(C)c(C(F)(F)F)[nH]c2nc1=O. The minimum Gasteiger partial charge on any atom is -0.335 e. The lowest BCUT2D eigenvalue weighted by Gasteiger charge is -2.11. The highest BCUT2D eigenvalue weighted by Gasteiger charge is 2.35. The summed E-state index contributed by atoms with van der Waals surface area (Å²) in [6.07, 6.45) is -3.48. The molecule has 0 aromatic carbocycles. The Morgan fingerprint density at radius 1 is 1.37 bits per heavy atom. The van der Waals surface area contributed by atoms with Crippen LogP contribution in [0.3, 0.4) is 0 Å². The Labute approximate surface area is 104 Å². The van der Waals surface area contributed by atoms with Crippen molar-refractivity contribution in [3.63, 3.8) is 0 Å². The molecule has 0 saturated carbocycles. The van der Waals surface area contributed by atoms with E-state index in [2.05, 4.69) is 4.98 Å². The monoisotopic (exact) mass is 273 g/mol. The largest absolute Gasteiger partial charge is 0.431 e. The van der Waals surface area contributed by atoms with E-state index in [1.807, 2.05) is 4.98 Å². The van der Waals surface area contributed by atoms with Crippen LogP contribution in [0.25, 0.3) is 11.0 Å². The van der Waals surface area contributed by atoms with Gasteiger partial charge in [-0.15, -0.1) is 0 Å². The first kappa shape index (κ1) is 13.3. The molecular weight excluding hydrogens is 263 g/mol. The highest BCUT2D eigenvalue weighted by molar-refractivity contribution is 5.74. The molecule has 0 aliphatic heterocycles. The maximum Gasteiger partial charge on any atom is 0.431 e. The van der Waals surface area contributed by atoms with Gasteiger partial charge in [-0.25, -0.2) is 4.79 Å². The van der Waals surface area contributed by atoms with Crippen molar-refractivity contribution in [3.05, 3.63) is 38.2 Å². The minimum atomic E-state index is -4.70. The summed E-state index contributed by atoms with van der Waals surface area (Å²) in [6, 6.07) is 0. The van der Waals surface area contributed by atoms with Gasteiger partial charge in [0.2, 0.25) is 0 Å². The normalized spacial score (nSPS) is 12.1. The van der Waals surface area contributed by atoms with E-state index in [1.165, 1.54) is 6.20 Å². The summed E-state index contributed by atoms with van der Waals surface area (Å²) in [5.41, 5.74) is -3.45. The number of hydrogen-bond donors (Lipinski definition) is 1. The number of rotatable bonds is 1. The minimum absolute atomic E-state index is 0.0352. The van der Waals surface area contributed by atoms with Crippen molar-refractivity contribution in [2.45, 2.75) is 26.6 Å². The highest BCUT2D eigenvalue weighted by Crippen LogP contribution is 2.29. The van der Waals surface area contributed by atoms with Gasteiger partial charge in [0.15, 0.2) is 5.43 Å². The van der Waals surface area contributed by atoms with Gasteiger partial charge in [-0.1, -0.05) is 0 Å². The smallest absolute Gasteiger partial charge is 0.335 e. The van der Waals surface area contributed by atoms with E-state index in [-0.39, 0.29) is 17.6 Å². The van der Waals surface area contributed by atoms with Crippen molar-refractivity contribution < 1.29 is 13.2 Å². The van der Waals surface area contributed by atoms with Crippen molar-refractivity contribution in [1.29, 1.82) is 0 Å². The summed E-state index contributed by atoms with van der Waals surface area (Å²) in [7, 11) is 0. The number of hydrogen-bond acceptors (Lipinski definition) is 3. The Balaban J connectivity index is 2.93. The van der Waals surface area contributed by atoms with Gasteiger partial charge in [-0.05, 0) is 13.8 Å². The van der Waals surface area contributed by atoms with Gasteiger partial charge in [-0.3, -0.25) is 9.36 Å². The Morgan fingerprint density at radius 3 is 2.53 bits per heavy atom. The quantitative estimate of drug-likeness (QED) is 0.854. The molecule has 0 aliphatic rings. The predicted molar refractivity (Wildman–Crippen MR) is 62.0 cm³/mol. The number of aromatic nitrogens is 3. The number of nitrogens with zero attached hydrogens (tertiary/aromatic N) is 2. The number of H-pyrrole nitrogens is 1. The molecule has 1 N–H and O–H groups in total. The summed E-state index contributed by atoms with van der Waals surface area (Å²) in [5.74, 6) is 0. The summed E-state index contributed by atoms with van der Waals surface area (Å²) < 4.78 is 39.3. The van der Waals surface area contributed by atoms with E-state index in [1.54, 1.807) is 6.92 Å². The Hall–Kier alpha value is -2.12. The van der Waals surface area contributed by atoms with Crippen molar-refractivity contribution in [2.24, 2.45) is 0 Å². The van der Waals surface area contributed by atoms with Crippen LogP contribution in [0.5, 0.6) is 0 Å². The topological polar surface area (TPSA) is 67.8 Å². The molecule has 0 bridgehead atoms.